The van der Waals surface area contributed by atoms with Gasteiger partial charge in [0, 0.05) is 10.7 Å². The van der Waals surface area contributed by atoms with E-state index in [-0.39, 0.29) is 11.1 Å². The second-order valence-corrected chi connectivity index (χ2v) is 5.27. The number of nitrogens with two attached hydrogens (primary N) is 1. The van der Waals surface area contributed by atoms with Gasteiger partial charge in [0.2, 0.25) is 0 Å². The van der Waals surface area contributed by atoms with Gasteiger partial charge >= 0.3 is 0 Å². The molecule has 2 aromatic rings. The second-order valence-electron chi connectivity index (χ2n) is 4.01. The topological polar surface area (TPSA) is 50.9 Å². The van der Waals surface area contributed by atoms with Gasteiger partial charge in [-0.05, 0) is 46.1 Å². The lowest BCUT2D eigenvalue weighted by atomic mass is 10.0. The van der Waals surface area contributed by atoms with Crippen molar-refractivity contribution in [1.82, 2.24) is 10.4 Å². The van der Waals surface area contributed by atoms with E-state index in [1.807, 2.05) is 6.07 Å². The Balaban J connectivity index is 2.30. The Kier molecular flexibility index (Phi) is 4.87. The molecule has 0 aliphatic heterocycles. The highest BCUT2D eigenvalue weighted by Crippen LogP contribution is 2.26. The zero-order valence-corrected chi connectivity index (χ0v) is 12.2. The van der Waals surface area contributed by atoms with Crippen LogP contribution in [0.15, 0.2) is 41.0 Å². The molecule has 100 valence electrons. The summed E-state index contributed by atoms with van der Waals surface area (Å²) in [5.41, 5.74) is 3.87. The van der Waals surface area contributed by atoms with Crippen LogP contribution in [0.5, 0.6) is 0 Å². The summed E-state index contributed by atoms with van der Waals surface area (Å²) in [5.74, 6) is 5.12. The average Bonchev–Trinajstić information content (AvgIpc) is 2.41. The van der Waals surface area contributed by atoms with E-state index in [2.05, 4.69) is 26.3 Å². The summed E-state index contributed by atoms with van der Waals surface area (Å²) >= 11 is 9.17. The van der Waals surface area contributed by atoms with Gasteiger partial charge in [0.15, 0.2) is 0 Å². The molecule has 1 aromatic heterocycles. The first kappa shape index (κ1) is 14.4. The fourth-order valence-electron chi connectivity index (χ4n) is 1.81. The van der Waals surface area contributed by atoms with Crippen LogP contribution in [0.2, 0.25) is 5.02 Å². The first-order chi connectivity index (χ1) is 9.13. The predicted octanol–water partition coefficient (Wildman–Crippen LogP) is 3.38. The van der Waals surface area contributed by atoms with Gasteiger partial charge < -0.3 is 0 Å². The highest BCUT2D eigenvalue weighted by molar-refractivity contribution is 9.10. The van der Waals surface area contributed by atoms with Crippen molar-refractivity contribution in [1.29, 1.82) is 0 Å². The molecule has 2 rings (SSSR count). The number of hydrazine groups is 1. The molecule has 6 heteroatoms. The van der Waals surface area contributed by atoms with Crippen LogP contribution < -0.4 is 11.3 Å². The molecule has 0 amide bonds. The van der Waals surface area contributed by atoms with E-state index in [4.69, 9.17) is 17.4 Å². The summed E-state index contributed by atoms with van der Waals surface area (Å²) in [6, 6.07) is 8.28. The van der Waals surface area contributed by atoms with Crippen molar-refractivity contribution in [2.24, 2.45) is 5.84 Å². The van der Waals surface area contributed by atoms with Crippen LogP contribution in [0.3, 0.4) is 0 Å². The van der Waals surface area contributed by atoms with Crippen LogP contribution in [0.25, 0.3) is 0 Å². The number of rotatable bonds is 4. The summed E-state index contributed by atoms with van der Waals surface area (Å²) in [4.78, 5) is 4.25. The van der Waals surface area contributed by atoms with Crippen LogP contribution in [-0.4, -0.2) is 4.98 Å². The number of benzene rings is 1. The lowest BCUT2D eigenvalue weighted by molar-refractivity contribution is 0.517. The second kappa shape index (κ2) is 6.43. The predicted molar refractivity (Wildman–Crippen MR) is 77.1 cm³/mol. The molecule has 1 heterocycles. The monoisotopic (exact) mass is 343 g/mol. The number of hydrogen-bond acceptors (Lipinski definition) is 3. The van der Waals surface area contributed by atoms with Crippen molar-refractivity contribution in [3.63, 3.8) is 0 Å². The Morgan fingerprint density at radius 1 is 1.37 bits per heavy atom. The van der Waals surface area contributed by atoms with E-state index < -0.39 is 5.82 Å². The molecule has 0 fully saturated rings. The van der Waals surface area contributed by atoms with Crippen LogP contribution in [0.4, 0.5) is 4.39 Å². The molecule has 0 aliphatic rings. The summed E-state index contributed by atoms with van der Waals surface area (Å²) < 4.78 is 14.7. The maximum absolute atomic E-state index is 13.9. The third kappa shape index (κ3) is 3.30. The standard InChI is InChI=1S/C13H12BrClFN3/c14-9-4-2-6-18-13(9)11(19-17)7-8-3-1-5-10(15)12(8)16/h1-6,11,19H,7,17H2. The van der Waals surface area contributed by atoms with Gasteiger partial charge in [-0.2, -0.15) is 0 Å². The molecule has 3 N–H and O–H groups in total. The summed E-state index contributed by atoms with van der Waals surface area (Å²) in [7, 11) is 0. The largest absolute Gasteiger partial charge is 0.271 e. The van der Waals surface area contributed by atoms with Crippen molar-refractivity contribution in [2.75, 3.05) is 0 Å². The first-order valence-corrected chi connectivity index (χ1v) is 6.80. The van der Waals surface area contributed by atoms with Crippen LogP contribution in [0, 0.1) is 5.82 Å². The highest BCUT2D eigenvalue weighted by Gasteiger charge is 2.17. The van der Waals surface area contributed by atoms with E-state index in [0.717, 1.165) is 10.2 Å². The zero-order chi connectivity index (χ0) is 13.8. The Labute approximate surface area is 124 Å². The molecule has 1 atom stereocenters. The molecule has 3 nitrogen and oxygen atoms in total. The minimum absolute atomic E-state index is 0.105. The van der Waals surface area contributed by atoms with Gasteiger partial charge in [-0.1, -0.05) is 23.7 Å². The minimum Gasteiger partial charge on any atom is -0.271 e. The van der Waals surface area contributed by atoms with Crippen LogP contribution in [-0.2, 0) is 6.42 Å². The fraction of sp³-hybridized carbons (Fsp3) is 0.154. The molecule has 19 heavy (non-hydrogen) atoms. The quantitative estimate of drug-likeness (QED) is 0.660. The Bertz CT molecular complexity index is 580. The maximum Gasteiger partial charge on any atom is 0.145 e. The zero-order valence-electron chi connectivity index (χ0n) is 9.91. The lowest BCUT2D eigenvalue weighted by Gasteiger charge is -2.17. The molecule has 0 saturated heterocycles. The number of nitrogens with zero attached hydrogens (tertiary/aromatic N) is 1. The van der Waals surface area contributed by atoms with Gasteiger partial charge in [0.1, 0.15) is 5.82 Å². The van der Waals surface area contributed by atoms with Crippen molar-refractivity contribution < 1.29 is 4.39 Å². The van der Waals surface area contributed by atoms with Crippen molar-refractivity contribution in [3.05, 3.63) is 63.1 Å². The molecule has 1 unspecified atom stereocenters. The molecular weight excluding hydrogens is 333 g/mol. The summed E-state index contributed by atoms with van der Waals surface area (Å²) in [6.45, 7) is 0. The third-order valence-electron chi connectivity index (χ3n) is 2.77. The number of pyridine rings is 1. The molecule has 0 spiro atoms. The molecule has 0 bridgehead atoms. The Hall–Kier alpha value is -1.01. The highest BCUT2D eigenvalue weighted by atomic mass is 79.9. The normalized spacial score (nSPS) is 12.4. The van der Waals surface area contributed by atoms with Crippen molar-refractivity contribution in [2.45, 2.75) is 12.5 Å². The van der Waals surface area contributed by atoms with E-state index >= 15 is 0 Å². The van der Waals surface area contributed by atoms with Crippen molar-refractivity contribution in [3.8, 4) is 0 Å². The maximum atomic E-state index is 13.9. The summed E-state index contributed by atoms with van der Waals surface area (Å²) in [5, 5.41) is 0.105. The van der Waals surface area contributed by atoms with Crippen LogP contribution >= 0.6 is 27.5 Å². The number of aromatic nitrogens is 1. The number of nitrogens with one attached hydrogen (secondary N) is 1. The van der Waals surface area contributed by atoms with Gasteiger partial charge in [0.05, 0.1) is 16.8 Å². The smallest absolute Gasteiger partial charge is 0.145 e. The number of hydrogen-bond donors (Lipinski definition) is 2. The van der Waals surface area contributed by atoms with Gasteiger partial charge in [-0.3, -0.25) is 16.3 Å². The van der Waals surface area contributed by atoms with Crippen molar-refractivity contribution >= 4 is 27.5 Å². The third-order valence-corrected chi connectivity index (χ3v) is 3.74. The average molecular weight is 345 g/mol. The lowest BCUT2D eigenvalue weighted by Crippen LogP contribution is -2.30. The van der Waals surface area contributed by atoms with E-state index in [9.17, 15) is 4.39 Å². The van der Waals surface area contributed by atoms with Gasteiger partial charge in [-0.15, -0.1) is 0 Å². The molecular formula is C13H12BrClFN3. The summed E-state index contributed by atoms with van der Waals surface area (Å²) in [6.07, 6.45) is 2.03. The molecule has 0 radical (unpaired) electrons. The Morgan fingerprint density at radius 3 is 2.84 bits per heavy atom. The number of halogens is 3. The van der Waals surface area contributed by atoms with E-state index in [1.54, 1.807) is 24.4 Å². The molecule has 0 saturated carbocycles. The first-order valence-electron chi connectivity index (χ1n) is 5.63. The minimum atomic E-state index is -0.420. The molecule has 1 aromatic carbocycles. The van der Waals surface area contributed by atoms with Gasteiger partial charge in [0.25, 0.3) is 0 Å². The van der Waals surface area contributed by atoms with Crippen LogP contribution in [0.1, 0.15) is 17.3 Å². The van der Waals surface area contributed by atoms with E-state index in [0.29, 0.717) is 12.0 Å². The SMILES string of the molecule is NNC(Cc1cccc(Cl)c1F)c1ncccc1Br. The van der Waals surface area contributed by atoms with Gasteiger partial charge in [-0.25, -0.2) is 4.39 Å². The van der Waals surface area contributed by atoms with E-state index in [1.165, 1.54) is 6.07 Å². The Morgan fingerprint density at radius 2 is 2.16 bits per heavy atom. The fourth-order valence-corrected chi connectivity index (χ4v) is 2.54. The molecule has 0 aliphatic carbocycles.